The highest BCUT2D eigenvalue weighted by atomic mass is 16.5. The van der Waals surface area contributed by atoms with Crippen LogP contribution in [0.4, 0.5) is 5.69 Å². The molecule has 1 aliphatic carbocycles. The molecule has 7 heteroatoms. The Kier molecular flexibility index (Phi) is 9.77. The maximum atomic E-state index is 13.3. The number of anilines is 1. The van der Waals surface area contributed by atoms with Crippen molar-refractivity contribution in [2.45, 2.75) is 71.4 Å². The van der Waals surface area contributed by atoms with Gasteiger partial charge in [0.05, 0.1) is 11.7 Å². The van der Waals surface area contributed by atoms with Crippen molar-refractivity contribution in [2.75, 3.05) is 45.7 Å². The van der Waals surface area contributed by atoms with Gasteiger partial charge in [-0.2, -0.15) is 0 Å². The van der Waals surface area contributed by atoms with Gasteiger partial charge in [-0.05, 0) is 43.7 Å². The molecule has 3 atom stereocenters. The Morgan fingerprint density at radius 1 is 1.18 bits per heavy atom. The van der Waals surface area contributed by atoms with Gasteiger partial charge in [0.2, 0.25) is 5.91 Å². The molecular weight excluding hydrogens is 430 g/mol. The van der Waals surface area contributed by atoms with E-state index in [1.165, 1.54) is 32.1 Å². The van der Waals surface area contributed by atoms with Crippen LogP contribution in [-0.4, -0.2) is 74.2 Å². The van der Waals surface area contributed by atoms with Gasteiger partial charge in [-0.15, -0.1) is 0 Å². The Labute approximate surface area is 205 Å². The summed E-state index contributed by atoms with van der Waals surface area (Å²) in [6, 6.07) is 5.48. The number of carbonyl (C=O) groups is 2. The minimum Gasteiger partial charge on any atom is -0.491 e. The van der Waals surface area contributed by atoms with Crippen LogP contribution < -0.4 is 10.1 Å². The summed E-state index contributed by atoms with van der Waals surface area (Å²) in [5.41, 5.74) is 1.15. The van der Waals surface area contributed by atoms with E-state index in [2.05, 4.69) is 24.1 Å². The number of methoxy groups -OCH3 is 1. The molecule has 1 heterocycles. The highest BCUT2D eigenvalue weighted by Crippen LogP contribution is 2.29. The number of carbonyl (C=O) groups excluding carboxylic acids is 2. The van der Waals surface area contributed by atoms with Crippen LogP contribution in [0.5, 0.6) is 5.75 Å². The third-order valence-electron chi connectivity index (χ3n) is 7.40. The molecule has 1 aliphatic heterocycles. The average molecular weight is 474 g/mol. The average Bonchev–Trinajstić information content (AvgIpc) is 2.84. The van der Waals surface area contributed by atoms with E-state index in [1.807, 2.05) is 14.0 Å². The van der Waals surface area contributed by atoms with Crippen LogP contribution in [0, 0.1) is 11.8 Å². The summed E-state index contributed by atoms with van der Waals surface area (Å²) in [4.78, 5) is 29.5. The first-order valence-corrected chi connectivity index (χ1v) is 12.9. The Morgan fingerprint density at radius 3 is 2.59 bits per heavy atom. The first-order valence-electron chi connectivity index (χ1n) is 12.9. The number of hydrogen-bond acceptors (Lipinski definition) is 5. The van der Waals surface area contributed by atoms with E-state index in [4.69, 9.17) is 9.47 Å². The number of benzene rings is 1. The fraction of sp³-hybridized carbons (Fsp3) is 0.704. The molecule has 2 aliphatic rings. The number of amides is 2. The summed E-state index contributed by atoms with van der Waals surface area (Å²) in [6.45, 7) is 9.20. The molecule has 0 bridgehead atoms. The zero-order chi connectivity index (χ0) is 24.7. The van der Waals surface area contributed by atoms with Crippen molar-refractivity contribution in [3.8, 4) is 5.75 Å². The topological polar surface area (TPSA) is 71.1 Å². The van der Waals surface area contributed by atoms with E-state index in [0.29, 0.717) is 36.6 Å². The molecular formula is C27H43N3O4. The van der Waals surface area contributed by atoms with Gasteiger partial charge in [-0.25, -0.2) is 0 Å². The quantitative estimate of drug-likeness (QED) is 0.685. The summed E-state index contributed by atoms with van der Waals surface area (Å²) in [5, 5.41) is 2.88. The Hall–Kier alpha value is -2.12. The Balaban J connectivity index is 1.89. The van der Waals surface area contributed by atoms with Crippen LogP contribution in [0.3, 0.4) is 0 Å². The first kappa shape index (κ1) is 26.5. The van der Waals surface area contributed by atoms with Crippen molar-refractivity contribution in [1.82, 2.24) is 9.80 Å². The maximum Gasteiger partial charge on any atom is 0.257 e. The van der Waals surface area contributed by atoms with Crippen molar-refractivity contribution < 1.29 is 19.1 Å². The number of ether oxygens (including phenoxy) is 2. The number of nitrogens with one attached hydrogen (secondary N) is 1. The lowest BCUT2D eigenvalue weighted by Gasteiger charge is -2.38. The van der Waals surface area contributed by atoms with Gasteiger partial charge >= 0.3 is 0 Å². The summed E-state index contributed by atoms with van der Waals surface area (Å²) in [7, 11) is 3.55. The van der Waals surface area contributed by atoms with E-state index in [0.717, 1.165) is 19.0 Å². The van der Waals surface area contributed by atoms with Gasteiger partial charge in [-0.3, -0.25) is 14.5 Å². The summed E-state index contributed by atoms with van der Waals surface area (Å²) in [5.74, 6) is 1.34. The standard InChI is InChI=1S/C27H43N3O4/c1-6-26(31)28-22-12-13-23-24(14-22)34-18-20(3)30(16-21-10-8-7-9-11-21)15-19(2)25(33-5)17-29(4)27(23)32/h12-14,19-21,25H,6-11,15-18H2,1-5H3,(H,28,31)/t19-,20-,25+/m1/s1. The van der Waals surface area contributed by atoms with Crippen LogP contribution in [0.2, 0.25) is 0 Å². The minimum atomic E-state index is -0.107. The predicted molar refractivity (Wildman–Crippen MR) is 135 cm³/mol. The second-order valence-corrected chi connectivity index (χ2v) is 10.2. The van der Waals surface area contributed by atoms with Crippen molar-refractivity contribution in [3.63, 3.8) is 0 Å². The van der Waals surface area contributed by atoms with Crippen LogP contribution in [0.25, 0.3) is 0 Å². The van der Waals surface area contributed by atoms with E-state index in [1.54, 1.807) is 30.2 Å². The molecule has 3 rings (SSSR count). The molecule has 1 saturated carbocycles. The predicted octanol–water partition coefficient (Wildman–Crippen LogP) is 4.42. The lowest BCUT2D eigenvalue weighted by atomic mass is 9.88. The van der Waals surface area contributed by atoms with Crippen LogP contribution in [0.1, 0.15) is 69.7 Å². The monoisotopic (exact) mass is 473 g/mol. The molecule has 1 fully saturated rings. The number of fused-ring (bicyclic) bond motifs is 1. The zero-order valence-corrected chi connectivity index (χ0v) is 21.6. The molecule has 34 heavy (non-hydrogen) atoms. The van der Waals surface area contributed by atoms with Crippen LogP contribution in [0.15, 0.2) is 18.2 Å². The SMILES string of the molecule is CCC(=O)Nc1ccc2c(c1)OC[C@@H](C)N(CC1CCCCC1)C[C@@H](C)[C@@H](OC)CN(C)C2=O. The summed E-state index contributed by atoms with van der Waals surface area (Å²) < 4.78 is 12.1. The fourth-order valence-corrected chi connectivity index (χ4v) is 5.13. The van der Waals surface area contributed by atoms with E-state index in [9.17, 15) is 9.59 Å². The maximum absolute atomic E-state index is 13.3. The van der Waals surface area contributed by atoms with Crippen LogP contribution in [-0.2, 0) is 9.53 Å². The van der Waals surface area contributed by atoms with E-state index in [-0.39, 0.29) is 29.9 Å². The number of likely N-dealkylation sites (N-methyl/N-ethyl adjacent to an activating group) is 1. The summed E-state index contributed by atoms with van der Waals surface area (Å²) in [6.07, 6.45) is 6.94. The van der Waals surface area contributed by atoms with Crippen molar-refractivity contribution in [2.24, 2.45) is 11.8 Å². The first-order chi connectivity index (χ1) is 16.3. The number of rotatable bonds is 5. The molecule has 7 nitrogen and oxygen atoms in total. The normalized spacial score (nSPS) is 25.6. The molecule has 190 valence electrons. The zero-order valence-electron chi connectivity index (χ0n) is 21.6. The fourth-order valence-electron chi connectivity index (χ4n) is 5.13. The van der Waals surface area contributed by atoms with Crippen molar-refractivity contribution in [1.29, 1.82) is 0 Å². The third-order valence-corrected chi connectivity index (χ3v) is 7.40. The number of nitrogens with zero attached hydrogens (tertiary/aromatic N) is 2. The van der Waals surface area contributed by atoms with Gasteiger partial charge in [0.1, 0.15) is 12.4 Å². The largest absolute Gasteiger partial charge is 0.491 e. The molecule has 0 unspecified atom stereocenters. The molecule has 0 radical (unpaired) electrons. The lowest BCUT2D eigenvalue weighted by Crippen LogP contribution is -2.48. The molecule has 1 N–H and O–H groups in total. The molecule has 1 aromatic rings. The highest BCUT2D eigenvalue weighted by Gasteiger charge is 2.29. The smallest absolute Gasteiger partial charge is 0.257 e. The molecule has 0 spiro atoms. The van der Waals surface area contributed by atoms with Crippen LogP contribution >= 0.6 is 0 Å². The van der Waals surface area contributed by atoms with E-state index < -0.39 is 0 Å². The Morgan fingerprint density at radius 2 is 1.91 bits per heavy atom. The van der Waals surface area contributed by atoms with E-state index >= 15 is 0 Å². The minimum absolute atomic E-state index is 0.0538. The molecule has 0 saturated heterocycles. The van der Waals surface area contributed by atoms with Crippen molar-refractivity contribution >= 4 is 17.5 Å². The van der Waals surface area contributed by atoms with Crippen molar-refractivity contribution in [3.05, 3.63) is 23.8 Å². The van der Waals surface area contributed by atoms with Gasteiger partial charge in [-0.1, -0.05) is 33.1 Å². The van der Waals surface area contributed by atoms with Gasteiger partial charge in [0.15, 0.2) is 0 Å². The number of hydrogen-bond donors (Lipinski definition) is 1. The second kappa shape index (κ2) is 12.5. The second-order valence-electron chi connectivity index (χ2n) is 10.2. The third kappa shape index (κ3) is 6.95. The van der Waals surface area contributed by atoms with Gasteiger partial charge in [0.25, 0.3) is 5.91 Å². The highest BCUT2D eigenvalue weighted by molar-refractivity contribution is 5.98. The Bertz CT molecular complexity index is 824. The molecule has 2 amide bonds. The lowest BCUT2D eigenvalue weighted by molar-refractivity contribution is -0.115. The van der Waals surface area contributed by atoms with Gasteiger partial charge < -0.3 is 19.7 Å². The molecule has 1 aromatic carbocycles. The summed E-state index contributed by atoms with van der Waals surface area (Å²) >= 11 is 0. The molecule has 0 aromatic heterocycles. The van der Waals surface area contributed by atoms with Gasteiger partial charge in [0, 0.05) is 58.0 Å².